The van der Waals surface area contributed by atoms with Gasteiger partial charge in [0.15, 0.2) is 0 Å². The number of benzene rings is 1. The topological polar surface area (TPSA) is 44.5 Å². The number of hydrogen-bond acceptors (Lipinski definition) is 3. The van der Waals surface area contributed by atoms with Crippen LogP contribution in [0.15, 0.2) is 24.3 Å². The first-order valence-corrected chi connectivity index (χ1v) is 5.77. The molecule has 1 rings (SSSR count). The summed E-state index contributed by atoms with van der Waals surface area (Å²) in [5, 5.41) is 0. The van der Waals surface area contributed by atoms with Crippen LogP contribution in [0.2, 0.25) is 0 Å². The molecule has 0 saturated heterocycles. The van der Waals surface area contributed by atoms with Crippen LogP contribution in [-0.4, -0.2) is 20.3 Å². The maximum Gasteiger partial charge on any atom is 0.119 e. The number of methoxy groups -OCH3 is 1. The van der Waals surface area contributed by atoms with Gasteiger partial charge >= 0.3 is 0 Å². The SMILES string of the molecule is COCc1cccc(OCCCCCN)c1. The van der Waals surface area contributed by atoms with E-state index in [0.29, 0.717) is 6.61 Å². The van der Waals surface area contributed by atoms with Crippen LogP contribution in [0, 0.1) is 0 Å². The Hall–Kier alpha value is -1.06. The van der Waals surface area contributed by atoms with Crippen LogP contribution < -0.4 is 10.5 Å². The molecule has 0 fully saturated rings. The van der Waals surface area contributed by atoms with E-state index in [1.807, 2.05) is 24.3 Å². The fourth-order valence-electron chi connectivity index (χ4n) is 1.50. The van der Waals surface area contributed by atoms with Gasteiger partial charge in [0.25, 0.3) is 0 Å². The summed E-state index contributed by atoms with van der Waals surface area (Å²) in [4.78, 5) is 0. The summed E-state index contributed by atoms with van der Waals surface area (Å²) >= 11 is 0. The summed E-state index contributed by atoms with van der Waals surface area (Å²) in [5.41, 5.74) is 6.56. The average molecular weight is 223 g/mol. The van der Waals surface area contributed by atoms with E-state index in [9.17, 15) is 0 Å². The van der Waals surface area contributed by atoms with E-state index in [1.54, 1.807) is 7.11 Å². The molecule has 1 aromatic rings. The molecule has 90 valence electrons. The number of nitrogens with two attached hydrogens (primary N) is 1. The van der Waals surface area contributed by atoms with E-state index in [4.69, 9.17) is 15.2 Å². The lowest BCUT2D eigenvalue weighted by Crippen LogP contribution is -2.01. The highest BCUT2D eigenvalue weighted by molar-refractivity contribution is 5.28. The number of hydrogen-bond donors (Lipinski definition) is 1. The third-order valence-corrected chi connectivity index (χ3v) is 2.33. The van der Waals surface area contributed by atoms with Gasteiger partial charge in [0, 0.05) is 7.11 Å². The van der Waals surface area contributed by atoms with Crippen LogP contribution in [0.5, 0.6) is 5.75 Å². The summed E-state index contributed by atoms with van der Waals surface area (Å²) in [6.07, 6.45) is 3.27. The van der Waals surface area contributed by atoms with Gasteiger partial charge in [-0.2, -0.15) is 0 Å². The maximum atomic E-state index is 5.64. The van der Waals surface area contributed by atoms with Crippen LogP contribution in [0.4, 0.5) is 0 Å². The first-order chi connectivity index (χ1) is 7.86. The number of unbranched alkanes of at least 4 members (excludes halogenated alkanes) is 2. The zero-order valence-corrected chi connectivity index (χ0v) is 9.95. The Balaban J connectivity index is 2.27. The second-order valence-corrected chi connectivity index (χ2v) is 3.78. The Bertz CT molecular complexity index is 289. The van der Waals surface area contributed by atoms with Crippen LogP contribution in [-0.2, 0) is 11.3 Å². The molecule has 0 aliphatic carbocycles. The van der Waals surface area contributed by atoms with Crippen molar-refractivity contribution in [2.24, 2.45) is 5.73 Å². The van der Waals surface area contributed by atoms with E-state index in [1.165, 1.54) is 0 Å². The van der Waals surface area contributed by atoms with Gasteiger partial charge in [-0.15, -0.1) is 0 Å². The molecule has 0 spiro atoms. The quantitative estimate of drug-likeness (QED) is 0.688. The maximum absolute atomic E-state index is 5.64. The predicted octanol–water partition coefficient (Wildman–Crippen LogP) is 2.34. The largest absolute Gasteiger partial charge is 0.494 e. The molecule has 2 N–H and O–H groups in total. The van der Waals surface area contributed by atoms with Crippen LogP contribution in [0.25, 0.3) is 0 Å². The van der Waals surface area contributed by atoms with E-state index in [0.717, 1.165) is 43.7 Å². The Kier molecular flexibility index (Phi) is 6.61. The molecule has 16 heavy (non-hydrogen) atoms. The van der Waals surface area contributed by atoms with Crippen molar-refractivity contribution in [2.45, 2.75) is 25.9 Å². The van der Waals surface area contributed by atoms with Gasteiger partial charge in [-0.25, -0.2) is 0 Å². The second kappa shape index (κ2) is 8.13. The molecule has 0 radical (unpaired) electrons. The minimum atomic E-state index is 0.629. The standard InChI is InChI=1S/C13H21NO2/c1-15-11-12-6-5-7-13(10-12)16-9-4-2-3-8-14/h5-7,10H,2-4,8-9,11,14H2,1H3. The van der Waals surface area contributed by atoms with Gasteiger partial charge in [0.2, 0.25) is 0 Å². The second-order valence-electron chi connectivity index (χ2n) is 3.78. The molecule has 0 atom stereocenters. The van der Waals surface area contributed by atoms with E-state index >= 15 is 0 Å². The van der Waals surface area contributed by atoms with E-state index < -0.39 is 0 Å². The minimum Gasteiger partial charge on any atom is -0.494 e. The summed E-state index contributed by atoms with van der Waals surface area (Å²) in [5.74, 6) is 0.919. The molecular weight excluding hydrogens is 202 g/mol. The normalized spacial score (nSPS) is 10.4. The molecule has 0 amide bonds. The van der Waals surface area contributed by atoms with Crippen molar-refractivity contribution in [3.63, 3.8) is 0 Å². The van der Waals surface area contributed by atoms with Gasteiger partial charge in [0.05, 0.1) is 13.2 Å². The summed E-state index contributed by atoms with van der Waals surface area (Å²) in [6, 6.07) is 8.02. The number of rotatable bonds is 8. The third-order valence-electron chi connectivity index (χ3n) is 2.33. The number of ether oxygens (including phenoxy) is 2. The van der Waals surface area contributed by atoms with Crippen LogP contribution >= 0.6 is 0 Å². The summed E-state index contributed by atoms with van der Waals surface area (Å²) in [7, 11) is 1.69. The van der Waals surface area contributed by atoms with Gasteiger partial charge in [0.1, 0.15) is 5.75 Å². The van der Waals surface area contributed by atoms with Crippen molar-refractivity contribution in [2.75, 3.05) is 20.3 Å². The van der Waals surface area contributed by atoms with Gasteiger partial charge in [-0.3, -0.25) is 0 Å². The van der Waals surface area contributed by atoms with Gasteiger partial charge in [-0.1, -0.05) is 12.1 Å². The Morgan fingerprint density at radius 1 is 1.19 bits per heavy atom. The highest BCUT2D eigenvalue weighted by Gasteiger charge is 1.96. The first-order valence-electron chi connectivity index (χ1n) is 5.77. The molecule has 0 bridgehead atoms. The van der Waals surface area contributed by atoms with Crippen molar-refractivity contribution < 1.29 is 9.47 Å². The van der Waals surface area contributed by atoms with Crippen molar-refractivity contribution >= 4 is 0 Å². The molecule has 3 heteroatoms. The van der Waals surface area contributed by atoms with Crippen molar-refractivity contribution in [1.82, 2.24) is 0 Å². The predicted molar refractivity (Wildman–Crippen MR) is 65.6 cm³/mol. The third kappa shape index (κ3) is 5.14. The molecular formula is C13H21NO2. The van der Waals surface area contributed by atoms with Crippen molar-refractivity contribution in [3.05, 3.63) is 29.8 Å². The molecule has 3 nitrogen and oxygen atoms in total. The highest BCUT2D eigenvalue weighted by Crippen LogP contribution is 2.14. The Morgan fingerprint density at radius 2 is 2.06 bits per heavy atom. The fourth-order valence-corrected chi connectivity index (χ4v) is 1.50. The lowest BCUT2D eigenvalue weighted by molar-refractivity contribution is 0.184. The zero-order chi connectivity index (χ0) is 11.6. The minimum absolute atomic E-state index is 0.629. The van der Waals surface area contributed by atoms with Crippen LogP contribution in [0.1, 0.15) is 24.8 Å². The molecule has 0 saturated carbocycles. The highest BCUT2D eigenvalue weighted by atomic mass is 16.5. The smallest absolute Gasteiger partial charge is 0.119 e. The van der Waals surface area contributed by atoms with Crippen LogP contribution in [0.3, 0.4) is 0 Å². The van der Waals surface area contributed by atoms with E-state index in [-0.39, 0.29) is 0 Å². The van der Waals surface area contributed by atoms with E-state index in [2.05, 4.69) is 0 Å². The molecule has 0 aliphatic rings. The molecule has 0 heterocycles. The fraction of sp³-hybridized carbons (Fsp3) is 0.538. The van der Waals surface area contributed by atoms with Gasteiger partial charge < -0.3 is 15.2 Å². The Morgan fingerprint density at radius 3 is 2.81 bits per heavy atom. The monoisotopic (exact) mass is 223 g/mol. The van der Waals surface area contributed by atoms with Crippen molar-refractivity contribution in [3.8, 4) is 5.75 Å². The average Bonchev–Trinajstić information content (AvgIpc) is 2.30. The molecule has 0 aliphatic heterocycles. The van der Waals surface area contributed by atoms with Gasteiger partial charge in [-0.05, 0) is 43.5 Å². The molecule has 0 unspecified atom stereocenters. The van der Waals surface area contributed by atoms with Crippen molar-refractivity contribution in [1.29, 1.82) is 0 Å². The Labute approximate surface area is 97.6 Å². The lowest BCUT2D eigenvalue weighted by atomic mass is 10.2. The lowest BCUT2D eigenvalue weighted by Gasteiger charge is -2.07. The first kappa shape index (κ1) is 13.0. The summed E-state index contributed by atoms with van der Waals surface area (Å²) < 4.78 is 10.7. The zero-order valence-electron chi connectivity index (χ0n) is 9.95. The molecule has 1 aromatic carbocycles. The summed E-state index contributed by atoms with van der Waals surface area (Å²) in [6.45, 7) is 2.16. The molecule has 0 aromatic heterocycles.